The van der Waals surface area contributed by atoms with Crippen LogP contribution >= 0.6 is 12.2 Å². The van der Waals surface area contributed by atoms with Gasteiger partial charge < -0.3 is 29.2 Å². The van der Waals surface area contributed by atoms with Crippen LogP contribution in [0.25, 0.3) is 0 Å². The van der Waals surface area contributed by atoms with Gasteiger partial charge in [0.05, 0.1) is 26.9 Å². The molecule has 0 aromatic heterocycles. The van der Waals surface area contributed by atoms with Gasteiger partial charge in [0.15, 0.2) is 16.6 Å². The molecule has 0 fully saturated rings. The molecule has 2 aromatic rings. The van der Waals surface area contributed by atoms with Gasteiger partial charge in [-0.2, -0.15) is 0 Å². The van der Waals surface area contributed by atoms with E-state index >= 15 is 0 Å². The average Bonchev–Trinajstić information content (AvgIpc) is 2.81. The van der Waals surface area contributed by atoms with Gasteiger partial charge in [-0.15, -0.1) is 0 Å². The van der Waals surface area contributed by atoms with E-state index in [1.54, 1.807) is 21.3 Å². The lowest BCUT2D eigenvalue weighted by Crippen LogP contribution is -2.47. The third kappa shape index (κ3) is 5.64. The third-order valence-electron chi connectivity index (χ3n) is 5.80. The fourth-order valence-electron chi connectivity index (χ4n) is 3.94. The molecule has 0 saturated carbocycles. The zero-order valence-electron chi connectivity index (χ0n) is 19.6. The molecule has 0 unspecified atom stereocenters. The first-order valence-electron chi connectivity index (χ1n) is 11.0. The maximum atomic E-state index is 6.25. The standard InChI is InChI=1S/C25H34N2O4S/c1-17(2)18-6-8-20(9-7-18)31-16-22-21-15-24(30-5)23(29-4)14-19(21)10-12-27(22)25(32)26-11-13-28-3/h6-9,14-15,17,22H,10-13,16H2,1-5H3,(H,26,32)/t22-/m0/s1. The minimum Gasteiger partial charge on any atom is -0.493 e. The van der Waals surface area contributed by atoms with Crippen LogP contribution in [0.15, 0.2) is 36.4 Å². The summed E-state index contributed by atoms with van der Waals surface area (Å²) in [5, 5.41) is 4.00. The van der Waals surface area contributed by atoms with Gasteiger partial charge in [0.25, 0.3) is 0 Å². The van der Waals surface area contributed by atoms with Crippen molar-refractivity contribution in [2.45, 2.75) is 32.2 Å². The molecule has 1 N–H and O–H groups in total. The quantitative estimate of drug-likeness (QED) is 0.443. The van der Waals surface area contributed by atoms with E-state index in [2.05, 4.69) is 42.3 Å². The summed E-state index contributed by atoms with van der Waals surface area (Å²) in [5.74, 6) is 2.78. The number of ether oxygens (including phenoxy) is 4. The number of methoxy groups -OCH3 is 3. The van der Waals surface area contributed by atoms with Crippen molar-refractivity contribution in [3.63, 3.8) is 0 Å². The van der Waals surface area contributed by atoms with E-state index in [1.165, 1.54) is 11.1 Å². The number of nitrogens with zero attached hydrogens (tertiary/aromatic N) is 1. The molecule has 1 aliphatic heterocycles. The molecular formula is C25H34N2O4S. The van der Waals surface area contributed by atoms with Crippen LogP contribution in [0.3, 0.4) is 0 Å². The first-order chi connectivity index (χ1) is 15.5. The van der Waals surface area contributed by atoms with Crippen LogP contribution < -0.4 is 19.5 Å². The number of benzene rings is 2. The van der Waals surface area contributed by atoms with Crippen LogP contribution in [0.2, 0.25) is 0 Å². The van der Waals surface area contributed by atoms with Crippen molar-refractivity contribution in [3.05, 3.63) is 53.1 Å². The van der Waals surface area contributed by atoms with Crippen molar-refractivity contribution in [2.75, 3.05) is 47.6 Å². The van der Waals surface area contributed by atoms with Crippen LogP contribution in [0, 0.1) is 0 Å². The zero-order valence-corrected chi connectivity index (χ0v) is 20.5. The molecule has 0 spiro atoms. The van der Waals surface area contributed by atoms with E-state index in [0.29, 0.717) is 36.5 Å². The molecular weight excluding hydrogens is 424 g/mol. The Balaban J connectivity index is 1.86. The molecule has 32 heavy (non-hydrogen) atoms. The van der Waals surface area contributed by atoms with Crippen LogP contribution in [0.4, 0.5) is 0 Å². The lowest BCUT2D eigenvalue weighted by atomic mass is 9.92. The van der Waals surface area contributed by atoms with E-state index in [9.17, 15) is 0 Å². The second-order valence-corrected chi connectivity index (χ2v) is 8.51. The molecule has 6 nitrogen and oxygen atoms in total. The summed E-state index contributed by atoms with van der Waals surface area (Å²) in [6.45, 7) is 6.89. The number of hydrogen-bond donors (Lipinski definition) is 1. The Bertz CT molecular complexity index is 902. The van der Waals surface area contributed by atoms with Crippen molar-refractivity contribution in [1.82, 2.24) is 10.2 Å². The van der Waals surface area contributed by atoms with Gasteiger partial charge in [-0.3, -0.25) is 0 Å². The monoisotopic (exact) mass is 458 g/mol. The molecule has 1 atom stereocenters. The minimum absolute atomic E-state index is 0.0501. The molecule has 0 amide bonds. The molecule has 0 saturated heterocycles. The number of fused-ring (bicyclic) bond motifs is 1. The first kappa shape index (κ1) is 24.1. The second kappa shape index (κ2) is 11.4. The predicted molar refractivity (Wildman–Crippen MR) is 131 cm³/mol. The minimum atomic E-state index is -0.0501. The molecule has 1 aliphatic rings. The van der Waals surface area contributed by atoms with Crippen LogP contribution in [-0.4, -0.2) is 57.6 Å². The van der Waals surface area contributed by atoms with E-state index in [4.69, 9.17) is 31.2 Å². The van der Waals surface area contributed by atoms with E-state index < -0.39 is 0 Å². The fraction of sp³-hybridized carbons (Fsp3) is 0.480. The van der Waals surface area contributed by atoms with Gasteiger partial charge in [0, 0.05) is 20.2 Å². The summed E-state index contributed by atoms with van der Waals surface area (Å²) in [4.78, 5) is 2.20. The lowest BCUT2D eigenvalue weighted by Gasteiger charge is -2.39. The maximum Gasteiger partial charge on any atom is 0.169 e. The number of hydrogen-bond acceptors (Lipinski definition) is 5. The van der Waals surface area contributed by atoms with Crippen molar-refractivity contribution in [2.24, 2.45) is 0 Å². The van der Waals surface area contributed by atoms with E-state index in [0.717, 1.165) is 30.0 Å². The lowest BCUT2D eigenvalue weighted by molar-refractivity contribution is 0.182. The molecule has 7 heteroatoms. The maximum absolute atomic E-state index is 6.25. The SMILES string of the molecule is COCCNC(=S)N1CCc2cc(OC)c(OC)cc2[C@@H]1COc1ccc(C(C)C)cc1. The van der Waals surface area contributed by atoms with E-state index in [-0.39, 0.29) is 6.04 Å². The van der Waals surface area contributed by atoms with Crippen LogP contribution in [0.5, 0.6) is 17.2 Å². The topological polar surface area (TPSA) is 52.2 Å². The molecule has 0 bridgehead atoms. The third-order valence-corrected chi connectivity index (χ3v) is 6.18. The van der Waals surface area contributed by atoms with Crippen molar-refractivity contribution in [3.8, 4) is 17.2 Å². The average molecular weight is 459 g/mol. The van der Waals surface area contributed by atoms with Crippen molar-refractivity contribution >= 4 is 17.3 Å². The second-order valence-electron chi connectivity index (χ2n) is 8.12. The highest BCUT2D eigenvalue weighted by Gasteiger charge is 2.31. The Kier molecular flexibility index (Phi) is 8.59. The largest absolute Gasteiger partial charge is 0.493 e. The highest BCUT2D eigenvalue weighted by Crippen LogP contribution is 2.38. The van der Waals surface area contributed by atoms with Gasteiger partial charge >= 0.3 is 0 Å². The van der Waals surface area contributed by atoms with Gasteiger partial charge in [0.1, 0.15) is 12.4 Å². The predicted octanol–water partition coefficient (Wildman–Crippen LogP) is 4.33. The number of nitrogens with one attached hydrogen (secondary N) is 1. The summed E-state index contributed by atoms with van der Waals surface area (Å²) in [6, 6.07) is 12.4. The molecule has 3 rings (SSSR count). The summed E-state index contributed by atoms with van der Waals surface area (Å²) in [5.41, 5.74) is 3.66. The zero-order chi connectivity index (χ0) is 23.1. The van der Waals surface area contributed by atoms with Gasteiger partial charge in [-0.05, 0) is 65.5 Å². The normalized spacial score (nSPS) is 15.3. The fourth-order valence-corrected chi connectivity index (χ4v) is 4.26. The Hall–Kier alpha value is -2.51. The van der Waals surface area contributed by atoms with E-state index in [1.807, 2.05) is 18.2 Å². The van der Waals surface area contributed by atoms with Crippen LogP contribution in [0.1, 0.15) is 42.5 Å². The van der Waals surface area contributed by atoms with Crippen molar-refractivity contribution in [1.29, 1.82) is 0 Å². The Morgan fingerprint density at radius 1 is 1.09 bits per heavy atom. The smallest absolute Gasteiger partial charge is 0.169 e. The summed E-state index contributed by atoms with van der Waals surface area (Å²) < 4.78 is 22.5. The summed E-state index contributed by atoms with van der Waals surface area (Å²) >= 11 is 5.73. The van der Waals surface area contributed by atoms with Crippen molar-refractivity contribution < 1.29 is 18.9 Å². The molecule has 0 aliphatic carbocycles. The van der Waals surface area contributed by atoms with Crippen LogP contribution in [-0.2, 0) is 11.2 Å². The highest BCUT2D eigenvalue weighted by molar-refractivity contribution is 7.80. The highest BCUT2D eigenvalue weighted by atomic mass is 32.1. The summed E-state index contributed by atoms with van der Waals surface area (Å²) in [6.07, 6.45) is 0.862. The molecule has 1 heterocycles. The molecule has 2 aromatic carbocycles. The first-order valence-corrected chi connectivity index (χ1v) is 11.4. The van der Waals surface area contributed by atoms with Gasteiger partial charge in [-0.1, -0.05) is 26.0 Å². The number of thiocarbonyl (C=S) groups is 1. The Morgan fingerprint density at radius 2 is 1.78 bits per heavy atom. The summed E-state index contributed by atoms with van der Waals surface area (Å²) in [7, 11) is 5.00. The molecule has 0 radical (unpaired) electrons. The Labute approximate surface area is 196 Å². The number of rotatable bonds is 9. The Morgan fingerprint density at radius 3 is 2.41 bits per heavy atom. The van der Waals surface area contributed by atoms with Gasteiger partial charge in [0.2, 0.25) is 0 Å². The molecule has 174 valence electrons. The van der Waals surface area contributed by atoms with Gasteiger partial charge in [-0.25, -0.2) is 0 Å².